The zero-order chi connectivity index (χ0) is 23.3. The first kappa shape index (κ1) is 24.0. The number of carbonyl (C=O) groups is 3. The number of amides is 3. The van der Waals surface area contributed by atoms with Crippen molar-refractivity contribution in [1.82, 2.24) is 15.5 Å². The molecule has 3 rings (SSSR count). The van der Waals surface area contributed by atoms with Crippen molar-refractivity contribution in [2.45, 2.75) is 45.2 Å². The van der Waals surface area contributed by atoms with Gasteiger partial charge in [0.1, 0.15) is 6.04 Å². The third-order valence-corrected chi connectivity index (χ3v) is 6.80. The third kappa shape index (κ3) is 4.58. The molecule has 0 aromatic heterocycles. The molecule has 32 heavy (non-hydrogen) atoms. The maximum Gasteiger partial charge on any atom is 0.243 e. The van der Waals surface area contributed by atoms with Gasteiger partial charge in [-0.05, 0) is 17.9 Å². The minimum absolute atomic E-state index is 0.127. The monoisotopic (exact) mass is 441 g/mol. The molecule has 174 valence electrons. The summed E-state index contributed by atoms with van der Waals surface area (Å²) in [5, 5.41) is 16.0. The van der Waals surface area contributed by atoms with Gasteiger partial charge < -0.3 is 20.6 Å². The van der Waals surface area contributed by atoms with E-state index in [0.717, 1.165) is 24.8 Å². The molecule has 0 spiro atoms. The van der Waals surface area contributed by atoms with E-state index in [1.807, 2.05) is 49.4 Å². The standard InChI is InChI=1S/C25H35N3O4/c1-4-5-9-14-27-24(31)22-18-13-12-16(2)20(23(30)26-3)21(18)25(32)28(22)19(15-29)17-10-7-6-8-11-17/h6-8,10-13,16,18-22,29H,4-5,9,14-15H2,1-3H3,(H,26,30)(H,27,31)/t16-,18+,19-,20-,21+,22+/m1/s1. The summed E-state index contributed by atoms with van der Waals surface area (Å²) >= 11 is 0. The Hall–Kier alpha value is -2.67. The first-order chi connectivity index (χ1) is 15.5. The van der Waals surface area contributed by atoms with Crippen LogP contribution in [0.5, 0.6) is 0 Å². The minimum atomic E-state index is -0.776. The molecule has 3 N–H and O–H groups in total. The second kappa shape index (κ2) is 10.8. The average molecular weight is 442 g/mol. The van der Waals surface area contributed by atoms with Gasteiger partial charge in [-0.25, -0.2) is 0 Å². The molecular formula is C25H35N3O4. The van der Waals surface area contributed by atoms with Gasteiger partial charge in [0.25, 0.3) is 0 Å². The third-order valence-electron chi connectivity index (χ3n) is 6.80. The molecule has 0 radical (unpaired) electrons. The van der Waals surface area contributed by atoms with Gasteiger partial charge in [-0.3, -0.25) is 14.4 Å². The van der Waals surface area contributed by atoms with Crippen LogP contribution in [0.25, 0.3) is 0 Å². The molecule has 1 aliphatic carbocycles. The van der Waals surface area contributed by atoms with E-state index in [1.54, 1.807) is 7.05 Å². The highest BCUT2D eigenvalue weighted by molar-refractivity contribution is 5.97. The van der Waals surface area contributed by atoms with E-state index in [1.165, 1.54) is 4.90 Å². The van der Waals surface area contributed by atoms with E-state index in [4.69, 9.17) is 0 Å². The van der Waals surface area contributed by atoms with Crippen LogP contribution < -0.4 is 10.6 Å². The van der Waals surface area contributed by atoms with Crippen LogP contribution >= 0.6 is 0 Å². The van der Waals surface area contributed by atoms with Crippen LogP contribution in [0, 0.1) is 23.7 Å². The van der Waals surface area contributed by atoms with Gasteiger partial charge >= 0.3 is 0 Å². The number of likely N-dealkylation sites (tertiary alicyclic amines) is 1. The van der Waals surface area contributed by atoms with E-state index in [9.17, 15) is 19.5 Å². The number of nitrogens with one attached hydrogen (secondary N) is 2. The zero-order valence-corrected chi connectivity index (χ0v) is 19.2. The summed E-state index contributed by atoms with van der Waals surface area (Å²) in [6, 6.07) is 7.83. The first-order valence-electron chi connectivity index (χ1n) is 11.6. The fourth-order valence-electron chi connectivity index (χ4n) is 5.16. The highest BCUT2D eigenvalue weighted by Crippen LogP contribution is 2.46. The molecule has 1 aromatic rings. The SMILES string of the molecule is CCCCCNC(=O)[C@@H]1[C@H]2C=C[C@@H](C)[C@@H](C(=O)NC)[C@H]2C(=O)N1[C@H](CO)c1ccccc1. The summed E-state index contributed by atoms with van der Waals surface area (Å²) in [5.74, 6) is -2.43. The van der Waals surface area contributed by atoms with Gasteiger partial charge in [0.2, 0.25) is 17.7 Å². The van der Waals surface area contributed by atoms with Crippen molar-refractivity contribution in [3.8, 4) is 0 Å². The molecule has 6 atom stereocenters. The number of allylic oxidation sites excluding steroid dienone is 1. The van der Waals surface area contributed by atoms with Gasteiger partial charge in [-0.15, -0.1) is 0 Å². The normalized spacial score (nSPS) is 27.7. The van der Waals surface area contributed by atoms with Crippen LogP contribution in [0.15, 0.2) is 42.5 Å². The Labute approximate surface area is 190 Å². The van der Waals surface area contributed by atoms with Gasteiger partial charge in [0, 0.05) is 19.5 Å². The number of carbonyl (C=O) groups excluding carboxylic acids is 3. The lowest BCUT2D eigenvalue weighted by Gasteiger charge is -2.33. The fraction of sp³-hybridized carbons (Fsp3) is 0.560. The van der Waals surface area contributed by atoms with E-state index in [0.29, 0.717) is 6.54 Å². The maximum absolute atomic E-state index is 13.8. The van der Waals surface area contributed by atoms with E-state index in [2.05, 4.69) is 17.6 Å². The number of nitrogens with zero attached hydrogens (tertiary/aromatic N) is 1. The summed E-state index contributed by atoms with van der Waals surface area (Å²) in [5.41, 5.74) is 0.763. The molecule has 1 saturated heterocycles. The second-order valence-electron chi connectivity index (χ2n) is 8.78. The number of aliphatic hydroxyl groups is 1. The number of rotatable bonds is 9. The molecule has 1 aliphatic heterocycles. The summed E-state index contributed by atoms with van der Waals surface area (Å²) in [6.07, 6.45) is 6.78. The fourth-order valence-corrected chi connectivity index (χ4v) is 5.16. The van der Waals surface area contributed by atoms with Crippen molar-refractivity contribution < 1.29 is 19.5 Å². The summed E-state index contributed by atoms with van der Waals surface area (Å²) in [4.78, 5) is 41.4. The average Bonchev–Trinajstić information content (AvgIpc) is 3.10. The molecule has 7 nitrogen and oxygen atoms in total. The van der Waals surface area contributed by atoms with Crippen LogP contribution in [0.2, 0.25) is 0 Å². The molecule has 0 bridgehead atoms. The quantitative estimate of drug-likeness (QED) is 0.403. The smallest absolute Gasteiger partial charge is 0.243 e. The molecule has 2 aliphatic rings. The van der Waals surface area contributed by atoms with Crippen LogP contribution in [0.4, 0.5) is 0 Å². The number of hydrogen-bond acceptors (Lipinski definition) is 4. The summed E-state index contributed by atoms with van der Waals surface area (Å²) in [6.45, 7) is 4.25. The Morgan fingerprint density at radius 3 is 2.47 bits per heavy atom. The van der Waals surface area contributed by atoms with Crippen LogP contribution in [0.1, 0.15) is 44.7 Å². The van der Waals surface area contributed by atoms with Gasteiger partial charge in [0.05, 0.1) is 24.5 Å². The largest absolute Gasteiger partial charge is 0.394 e. The van der Waals surface area contributed by atoms with Crippen molar-refractivity contribution in [2.75, 3.05) is 20.2 Å². The molecule has 1 heterocycles. The molecule has 7 heteroatoms. The molecule has 1 fully saturated rings. The number of hydrogen-bond donors (Lipinski definition) is 3. The first-order valence-corrected chi connectivity index (χ1v) is 11.6. The summed E-state index contributed by atoms with van der Waals surface area (Å²) in [7, 11) is 1.57. The van der Waals surface area contributed by atoms with Gasteiger partial charge in [-0.2, -0.15) is 0 Å². The van der Waals surface area contributed by atoms with Crippen molar-refractivity contribution in [2.24, 2.45) is 23.7 Å². The lowest BCUT2D eigenvalue weighted by atomic mass is 9.70. The number of benzene rings is 1. The van der Waals surface area contributed by atoms with E-state index < -0.39 is 29.8 Å². The van der Waals surface area contributed by atoms with Crippen LogP contribution in [0.3, 0.4) is 0 Å². The maximum atomic E-state index is 13.8. The van der Waals surface area contributed by atoms with E-state index in [-0.39, 0.29) is 30.2 Å². The van der Waals surface area contributed by atoms with Crippen molar-refractivity contribution >= 4 is 17.7 Å². The lowest BCUT2D eigenvalue weighted by Crippen LogP contribution is -2.49. The topological polar surface area (TPSA) is 98.7 Å². The molecular weight excluding hydrogens is 406 g/mol. The predicted octanol–water partition coefficient (Wildman–Crippen LogP) is 2.04. The molecule has 0 saturated carbocycles. The Kier molecular flexibility index (Phi) is 8.07. The second-order valence-corrected chi connectivity index (χ2v) is 8.78. The van der Waals surface area contributed by atoms with Gasteiger partial charge in [0.15, 0.2) is 0 Å². The minimum Gasteiger partial charge on any atom is -0.394 e. The number of unbranched alkanes of at least 4 members (excludes halogenated alkanes) is 2. The Bertz CT molecular complexity index is 841. The highest BCUT2D eigenvalue weighted by Gasteiger charge is 2.58. The van der Waals surface area contributed by atoms with E-state index >= 15 is 0 Å². The number of aliphatic hydroxyl groups excluding tert-OH is 1. The molecule has 0 unspecified atom stereocenters. The Morgan fingerprint density at radius 1 is 1.12 bits per heavy atom. The predicted molar refractivity (Wildman–Crippen MR) is 122 cm³/mol. The van der Waals surface area contributed by atoms with Crippen LogP contribution in [-0.4, -0.2) is 54.0 Å². The summed E-state index contributed by atoms with van der Waals surface area (Å²) < 4.78 is 0. The van der Waals surface area contributed by atoms with Crippen molar-refractivity contribution in [3.05, 3.63) is 48.0 Å². The molecule has 1 aromatic carbocycles. The zero-order valence-electron chi connectivity index (χ0n) is 19.2. The molecule has 3 amide bonds. The number of fused-ring (bicyclic) bond motifs is 1. The van der Waals surface area contributed by atoms with Crippen LogP contribution in [-0.2, 0) is 14.4 Å². The van der Waals surface area contributed by atoms with Gasteiger partial charge in [-0.1, -0.05) is 69.2 Å². The highest BCUT2D eigenvalue weighted by atomic mass is 16.3. The van der Waals surface area contributed by atoms with Crippen molar-refractivity contribution in [1.29, 1.82) is 0 Å². The lowest BCUT2D eigenvalue weighted by molar-refractivity contribution is -0.143. The Morgan fingerprint density at radius 2 is 1.84 bits per heavy atom. The Balaban J connectivity index is 2.00. The van der Waals surface area contributed by atoms with Crippen molar-refractivity contribution in [3.63, 3.8) is 0 Å².